The van der Waals surface area contributed by atoms with Crippen molar-refractivity contribution in [3.8, 4) is 11.1 Å². The molecular formula is C33H32N2O5. The number of carbonyl (C=O) groups excluding carboxylic acids is 4. The highest BCUT2D eigenvalue weighted by Crippen LogP contribution is 2.25. The van der Waals surface area contributed by atoms with E-state index in [1.165, 1.54) is 30.5 Å². The first-order chi connectivity index (χ1) is 19.5. The van der Waals surface area contributed by atoms with Gasteiger partial charge in [-0.2, -0.15) is 0 Å². The number of allylic oxidation sites excluding steroid dienone is 1. The molecule has 0 bridgehead atoms. The summed E-state index contributed by atoms with van der Waals surface area (Å²) in [6, 6.07) is 22.5. The lowest BCUT2D eigenvalue weighted by Crippen LogP contribution is -2.39. The number of Topliss-reactive ketones (excluding diaryl/α,β-unsaturated/α-hetero) is 1. The van der Waals surface area contributed by atoms with Crippen LogP contribution in [-0.2, 0) is 14.3 Å². The number of carbonyl (C=O) groups is 4. The van der Waals surface area contributed by atoms with Crippen molar-refractivity contribution in [3.05, 3.63) is 102 Å². The molecule has 40 heavy (non-hydrogen) atoms. The van der Waals surface area contributed by atoms with Crippen LogP contribution in [0.15, 0.2) is 90.5 Å². The molecule has 1 atom stereocenters. The molecule has 1 aliphatic heterocycles. The number of nitrogens with zero attached hydrogens (tertiary/aromatic N) is 1. The van der Waals surface area contributed by atoms with Gasteiger partial charge in [-0.05, 0) is 74.0 Å². The van der Waals surface area contributed by atoms with E-state index in [4.69, 9.17) is 4.74 Å². The highest BCUT2D eigenvalue weighted by Gasteiger charge is 2.39. The number of rotatable bonds is 10. The van der Waals surface area contributed by atoms with E-state index in [9.17, 15) is 19.2 Å². The highest BCUT2D eigenvalue weighted by atomic mass is 16.5. The van der Waals surface area contributed by atoms with Gasteiger partial charge in [0.05, 0.1) is 23.7 Å². The maximum Gasteiger partial charge on any atom is 0.338 e. The Morgan fingerprint density at radius 3 is 2.25 bits per heavy atom. The molecule has 3 aromatic carbocycles. The molecule has 2 amide bonds. The fourth-order valence-corrected chi connectivity index (χ4v) is 5.12. The number of ketones is 1. The average Bonchev–Trinajstić information content (AvgIpc) is 3.29. The maximum atomic E-state index is 12.9. The summed E-state index contributed by atoms with van der Waals surface area (Å²) in [6.07, 6.45) is 7.95. The van der Waals surface area contributed by atoms with E-state index < -0.39 is 18.6 Å². The molecule has 1 heterocycles. The lowest BCUT2D eigenvalue weighted by molar-refractivity contribution is -0.121. The van der Waals surface area contributed by atoms with Crippen LogP contribution in [0, 0.1) is 0 Å². The lowest BCUT2D eigenvalue weighted by atomic mass is 9.97. The second-order valence-electron chi connectivity index (χ2n) is 10.1. The van der Waals surface area contributed by atoms with Crippen LogP contribution in [0.5, 0.6) is 0 Å². The number of nitrogens with one attached hydrogen (secondary N) is 1. The molecule has 1 N–H and O–H groups in total. The van der Waals surface area contributed by atoms with Gasteiger partial charge in [-0.1, -0.05) is 66.2 Å². The van der Waals surface area contributed by atoms with Crippen LogP contribution < -0.4 is 10.2 Å². The topological polar surface area (TPSA) is 92.8 Å². The van der Waals surface area contributed by atoms with Crippen molar-refractivity contribution in [2.45, 2.75) is 44.6 Å². The largest absolute Gasteiger partial charge is 0.454 e. The minimum absolute atomic E-state index is 0.107. The van der Waals surface area contributed by atoms with E-state index in [2.05, 4.69) is 11.4 Å². The molecule has 1 unspecified atom stereocenters. The Morgan fingerprint density at radius 1 is 0.850 bits per heavy atom. The first-order valence-electron chi connectivity index (χ1n) is 13.7. The minimum Gasteiger partial charge on any atom is -0.454 e. The number of hydrogen-bond acceptors (Lipinski definition) is 6. The van der Waals surface area contributed by atoms with E-state index in [-0.39, 0.29) is 29.6 Å². The predicted octanol–water partition coefficient (Wildman–Crippen LogP) is 5.51. The SMILES string of the molecule is O=C(COC(=O)c1ccc(N2C(=O)CC(NCCC3=CCCCC3)C2=O)cc1)c1ccc(-c2ccccc2)cc1. The number of anilines is 1. The van der Waals surface area contributed by atoms with Gasteiger partial charge in [0, 0.05) is 5.56 Å². The van der Waals surface area contributed by atoms with Gasteiger partial charge in [-0.25, -0.2) is 9.69 Å². The Morgan fingerprint density at radius 2 is 1.55 bits per heavy atom. The van der Waals surface area contributed by atoms with Crippen molar-refractivity contribution >= 4 is 29.3 Å². The van der Waals surface area contributed by atoms with E-state index in [1.807, 2.05) is 42.5 Å². The average molecular weight is 537 g/mol. The summed E-state index contributed by atoms with van der Waals surface area (Å²) < 4.78 is 5.23. The van der Waals surface area contributed by atoms with Crippen molar-refractivity contribution in [1.29, 1.82) is 0 Å². The third kappa shape index (κ3) is 6.43. The monoisotopic (exact) mass is 536 g/mol. The highest BCUT2D eigenvalue weighted by molar-refractivity contribution is 6.22. The third-order valence-electron chi connectivity index (χ3n) is 7.38. The van der Waals surface area contributed by atoms with E-state index in [0.29, 0.717) is 17.8 Å². The van der Waals surface area contributed by atoms with Gasteiger partial charge in [0.2, 0.25) is 5.91 Å². The molecule has 0 aromatic heterocycles. The second-order valence-corrected chi connectivity index (χ2v) is 10.1. The van der Waals surface area contributed by atoms with Crippen LogP contribution in [0.4, 0.5) is 5.69 Å². The van der Waals surface area contributed by atoms with Crippen LogP contribution in [0.1, 0.15) is 59.2 Å². The molecular weight excluding hydrogens is 504 g/mol. The van der Waals surface area contributed by atoms with Gasteiger partial charge >= 0.3 is 5.97 Å². The van der Waals surface area contributed by atoms with Crippen LogP contribution in [-0.4, -0.2) is 42.8 Å². The van der Waals surface area contributed by atoms with Crippen LogP contribution >= 0.6 is 0 Å². The Bertz CT molecular complexity index is 1410. The smallest absolute Gasteiger partial charge is 0.338 e. The zero-order chi connectivity index (χ0) is 27.9. The van der Waals surface area contributed by atoms with Crippen LogP contribution in [0.25, 0.3) is 11.1 Å². The van der Waals surface area contributed by atoms with E-state index in [0.717, 1.165) is 35.3 Å². The van der Waals surface area contributed by atoms with Crippen LogP contribution in [0.3, 0.4) is 0 Å². The molecule has 204 valence electrons. The van der Waals surface area contributed by atoms with Gasteiger partial charge in [0.1, 0.15) is 0 Å². The van der Waals surface area contributed by atoms with Crippen molar-refractivity contribution in [2.75, 3.05) is 18.1 Å². The molecule has 7 heteroatoms. The summed E-state index contributed by atoms with van der Waals surface area (Å²) in [5.74, 6) is -1.53. The van der Waals surface area contributed by atoms with E-state index in [1.54, 1.807) is 24.3 Å². The zero-order valence-corrected chi connectivity index (χ0v) is 22.3. The molecule has 7 nitrogen and oxygen atoms in total. The zero-order valence-electron chi connectivity index (χ0n) is 22.3. The molecule has 0 radical (unpaired) electrons. The number of benzene rings is 3. The summed E-state index contributed by atoms with van der Waals surface area (Å²) in [4.78, 5) is 51.8. The number of esters is 1. The Balaban J connectivity index is 1.12. The molecule has 2 aliphatic rings. The third-order valence-corrected chi connectivity index (χ3v) is 7.38. The van der Waals surface area contributed by atoms with Gasteiger partial charge in [-0.3, -0.25) is 14.4 Å². The lowest BCUT2D eigenvalue weighted by Gasteiger charge is -2.17. The first kappa shape index (κ1) is 27.2. The molecule has 5 rings (SSSR count). The predicted molar refractivity (Wildman–Crippen MR) is 153 cm³/mol. The standard InChI is InChI=1S/C33H32N2O5/c36-30(26-13-11-25(12-14-26)24-9-5-2-6-10-24)22-40-33(39)27-15-17-28(18-16-27)35-31(37)21-29(32(35)38)34-20-19-23-7-3-1-4-8-23/h2,5-7,9-18,29,34H,1,3-4,8,19-22H2. The van der Waals surface area contributed by atoms with Gasteiger partial charge in [0.25, 0.3) is 5.91 Å². The molecule has 1 fully saturated rings. The summed E-state index contributed by atoms with van der Waals surface area (Å²) in [5.41, 5.74) is 4.53. The fraction of sp³-hybridized carbons (Fsp3) is 0.273. The van der Waals surface area contributed by atoms with Gasteiger partial charge < -0.3 is 10.1 Å². The molecule has 0 saturated carbocycles. The Hall–Kier alpha value is -4.36. The molecule has 1 aliphatic carbocycles. The number of hydrogen-bond donors (Lipinski definition) is 1. The Labute approximate surface area is 233 Å². The number of ether oxygens (including phenoxy) is 1. The Kier molecular flexibility index (Phi) is 8.62. The number of amides is 2. The van der Waals surface area contributed by atoms with Crippen molar-refractivity contribution in [2.24, 2.45) is 0 Å². The fourth-order valence-electron chi connectivity index (χ4n) is 5.12. The summed E-state index contributed by atoms with van der Waals surface area (Å²) >= 11 is 0. The number of imide groups is 1. The van der Waals surface area contributed by atoms with Gasteiger partial charge in [0.15, 0.2) is 12.4 Å². The normalized spacial score (nSPS) is 17.1. The molecule has 1 saturated heterocycles. The molecule has 3 aromatic rings. The van der Waals surface area contributed by atoms with Crippen molar-refractivity contribution < 1.29 is 23.9 Å². The minimum atomic E-state index is -0.656. The van der Waals surface area contributed by atoms with Gasteiger partial charge in [-0.15, -0.1) is 0 Å². The maximum absolute atomic E-state index is 12.9. The quantitative estimate of drug-likeness (QED) is 0.159. The summed E-state index contributed by atoms with van der Waals surface area (Å²) in [7, 11) is 0. The van der Waals surface area contributed by atoms with Crippen molar-refractivity contribution in [3.63, 3.8) is 0 Å². The van der Waals surface area contributed by atoms with Crippen molar-refractivity contribution in [1.82, 2.24) is 5.32 Å². The summed E-state index contributed by atoms with van der Waals surface area (Å²) in [6.45, 7) is 0.267. The summed E-state index contributed by atoms with van der Waals surface area (Å²) in [5, 5.41) is 3.23. The first-order valence-corrected chi connectivity index (χ1v) is 13.7. The van der Waals surface area contributed by atoms with Crippen LogP contribution in [0.2, 0.25) is 0 Å². The molecule has 0 spiro atoms. The van der Waals surface area contributed by atoms with E-state index >= 15 is 0 Å². The second kappa shape index (κ2) is 12.7.